The van der Waals surface area contributed by atoms with Gasteiger partial charge < -0.3 is 15.5 Å². The summed E-state index contributed by atoms with van der Waals surface area (Å²) in [5, 5.41) is 6.70. The van der Waals surface area contributed by atoms with Gasteiger partial charge in [0.2, 0.25) is 0 Å². The maximum absolute atomic E-state index is 4.52. The molecule has 0 amide bonds. The van der Waals surface area contributed by atoms with E-state index in [2.05, 4.69) is 45.7 Å². The third-order valence-electron chi connectivity index (χ3n) is 2.81. The molecule has 0 saturated carbocycles. The first-order valence-electron chi connectivity index (χ1n) is 6.39. The van der Waals surface area contributed by atoms with Crippen molar-refractivity contribution in [3.8, 4) is 0 Å². The van der Waals surface area contributed by atoms with Gasteiger partial charge in [-0.25, -0.2) is 4.98 Å². The molecule has 0 fully saturated rings. The van der Waals surface area contributed by atoms with Crippen LogP contribution in [0.3, 0.4) is 0 Å². The number of pyridine rings is 1. The van der Waals surface area contributed by atoms with Crippen molar-refractivity contribution in [1.29, 1.82) is 0 Å². The highest BCUT2D eigenvalue weighted by Gasteiger charge is 2.11. The Morgan fingerprint density at radius 2 is 2.33 bits per heavy atom. The minimum absolute atomic E-state index is 0.879. The largest absolute Gasteiger partial charge is 0.370 e. The lowest BCUT2D eigenvalue weighted by molar-refractivity contribution is 0.425. The van der Waals surface area contributed by atoms with Crippen LogP contribution in [0.4, 0.5) is 5.82 Å². The van der Waals surface area contributed by atoms with Crippen LogP contribution >= 0.6 is 0 Å². The third kappa shape index (κ3) is 3.43. The molecule has 0 spiro atoms. The van der Waals surface area contributed by atoms with Crippen LogP contribution < -0.4 is 10.6 Å². The second kappa shape index (κ2) is 6.35. The molecule has 1 aliphatic rings. The van der Waals surface area contributed by atoms with E-state index < -0.39 is 0 Å². The lowest BCUT2D eigenvalue weighted by Crippen LogP contribution is -2.31. The number of rotatable bonds is 5. The van der Waals surface area contributed by atoms with E-state index in [-0.39, 0.29) is 0 Å². The number of anilines is 1. The van der Waals surface area contributed by atoms with Gasteiger partial charge in [-0.1, -0.05) is 0 Å². The zero-order valence-corrected chi connectivity index (χ0v) is 11.1. The first-order valence-corrected chi connectivity index (χ1v) is 6.39. The Kier molecular flexibility index (Phi) is 4.52. The molecule has 0 unspecified atom stereocenters. The van der Waals surface area contributed by atoms with Crippen molar-refractivity contribution in [2.75, 3.05) is 45.6 Å². The third-order valence-corrected chi connectivity index (χ3v) is 2.81. The highest BCUT2D eigenvalue weighted by Crippen LogP contribution is 2.13. The summed E-state index contributed by atoms with van der Waals surface area (Å²) in [4.78, 5) is 11.1. The summed E-state index contributed by atoms with van der Waals surface area (Å²) in [6.07, 6.45) is 2.91. The second-order valence-electron chi connectivity index (χ2n) is 4.64. The monoisotopic (exact) mass is 247 g/mol. The molecule has 1 aromatic heterocycles. The highest BCUT2D eigenvalue weighted by molar-refractivity contribution is 6.03. The van der Waals surface area contributed by atoms with Gasteiger partial charge in [0, 0.05) is 32.4 Å². The number of hydrogen-bond acceptors (Lipinski definition) is 5. The summed E-state index contributed by atoms with van der Waals surface area (Å²) in [5.74, 6) is 1.87. The molecule has 2 N–H and O–H groups in total. The zero-order valence-electron chi connectivity index (χ0n) is 11.1. The van der Waals surface area contributed by atoms with Crippen LogP contribution in [0.2, 0.25) is 0 Å². The van der Waals surface area contributed by atoms with Gasteiger partial charge in [-0.05, 0) is 32.6 Å². The lowest BCUT2D eigenvalue weighted by Gasteiger charge is -2.18. The Balaban J connectivity index is 2.07. The highest BCUT2D eigenvalue weighted by atomic mass is 15.1. The number of likely N-dealkylation sites (N-methyl/N-ethyl adjacent to an activating group) is 1. The average Bonchev–Trinajstić information content (AvgIpc) is 2.40. The van der Waals surface area contributed by atoms with E-state index in [0.717, 1.165) is 49.8 Å². The number of aliphatic imine (C=N–C) groups is 1. The first kappa shape index (κ1) is 12.8. The van der Waals surface area contributed by atoms with Gasteiger partial charge in [0.25, 0.3) is 0 Å². The van der Waals surface area contributed by atoms with Gasteiger partial charge in [0.15, 0.2) is 0 Å². The Hall–Kier alpha value is -1.62. The molecule has 5 heteroatoms. The van der Waals surface area contributed by atoms with Crippen LogP contribution in [0, 0.1) is 0 Å². The molecule has 18 heavy (non-hydrogen) atoms. The van der Waals surface area contributed by atoms with E-state index in [1.54, 1.807) is 0 Å². The Labute approximate surface area is 108 Å². The molecule has 0 atom stereocenters. The van der Waals surface area contributed by atoms with E-state index in [9.17, 15) is 0 Å². The maximum Gasteiger partial charge on any atom is 0.136 e. The van der Waals surface area contributed by atoms with Crippen LogP contribution in [-0.4, -0.2) is 56.0 Å². The standard InChI is InChI=1S/C13H21N5/c1-18(2)10-9-17-13-11(5-3-6-14-13)12-15-7-4-8-16-12/h3,5-6H,4,7-10H2,1-2H3,(H,14,17)(H,15,16). The van der Waals surface area contributed by atoms with E-state index in [1.807, 2.05) is 12.3 Å². The molecule has 2 rings (SSSR count). The van der Waals surface area contributed by atoms with E-state index >= 15 is 0 Å². The van der Waals surface area contributed by atoms with Crippen molar-refractivity contribution in [2.45, 2.75) is 6.42 Å². The van der Waals surface area contributed by atoms with Gasteiger partial charge >= 0.3 is 0 Å². The first-order chi connectivity index (χ1) is 8.77. The number of hydrogen-bond donors (Lipinski definition) is 2. The molecular formula is C13H21N5. The summed E-state index contributed by atoms with van der Waals surface area (Å²) >= 11 is 0. The Bertz CT molecular complexity index is 414. The fourth-order valence-electron chi connectivity index (χ4n) is 1.85. The Morgan fingerprint density at radius 1 is 1.44 bits per heavy atom. The minimum atomic E-state index is 0.879. The minimum Gasteiger partial charge on any atom is -0.370 e. The number of nitrogens with one attached hydrogen (secondary N) is 2. The van der Waals surface area contributed by atoms with Gasteiger partial charge in [0.1, 0.15) is 11.7 Å². The zero-order chi connectivity index (χ0) is 12.8. The maximum atomic E-state index is 4.52. The Morgan fingerprint density at radius 3 is 3.06 bits per heavy atom. The number of aromatic nitrogens is 1. The van der Waals surface area contributed by atoms with Crippen LogP contribution in [0.15, 0.2) is 23.3 Å². The SMILES string of the molecule is CN(C)CCNc1ncccc1C1=NCCCN1. The molecule has 0 radical (unpaired) electrons. The molecule has 0 aromatic carbocycles. The summed E-state index contributed by atoms with van der Waals surface area (Å²) in [7, 11) is 4.13. The fraction of sp³-hybridized carbons (Fsp3) is 0.538. The van der Waals surface area contributed by atoms with E-state index in [0.29, 0.717) is 0 Å². The molecule has 2 heterocycles. The van der Waals surface area contributed by atoms with Crippen molar-refractivity contribution in [3.05, 3.63) is 23.9 Å². The van der Waals surface area contributed by atoms with Crippen molar-refractivity contribution in [2.24, 2.45) is 4.99 Å². The van der Waals surface area contributed by atoms with Crippen LogP contribution in [0.5, 0.6) is 0 Å². The van der Waals surface area contributed by atoms with E-state index in [4.69, 9.17) is 0 Å². The molecular weight excluding hydrogens is 226 g/mol. The van der Waals surface area contributed by atoms with Crippen molar-refractivity contribution in [1.82, 2.24) is 15.2 Å². The van der Waals surface area contributed by atoms with Gasteiger partial charge in [-0.3, -0.25) is 4.99 Å². The lowest BCUT2D eigenvalue weighted by atomic mass is 10.2. The fourth-order valence-corrected chi connectivity index (χ4v) is 1.85. The summed E-state index contributed by atoms with van der Waals surface area (Å²) in [6.45, 7) is 3.75. The molecule has 0 bridgehead atoms. The molecule has 5 nitrogen and oxygen atoms in total. The van der Waals surface area contributed by atoms with E-state index in [1.165, 1.54) is 0 Å². The topological polar surface area (TPSA) is 52.5 Å². The second-order valence-corrected chi connectivity index (χ2v) is 4.64. The predicted molar refractivity (Wildman–Crippen MR) is 75.3 cm³/mol. The summed E-state index contributed by atoms with van der Waals surface area (Å²) in [6, 6.07) is 4.01. The van der Waals surface area contributed by atoms with Crippen LogP contribution in [0.1, 0.15) is 12.0 Å². The summed E-state index contributed by atoms with van der Waals surface area (Å²) < 4.78 is 0. The number of amidine groups is 1. The van der Waals surface area contributed by atoms with Crippen molar-refractivity contribution >= 4 is 11.7 Å². The number of nitrogens with zero attached hydrogens (tertiary/aromatic N) is 3. The molecule has 98 valence electrons. The van der Waals surface area contributed by atoms with Gasteiger partial charge in [-0.15, -0.1) is 0 Å². The van der Waals surface area contributed by atoms with Gasteiger partial charge in [-0.2, -0.15) is 0 Å². The smallest absolute Gasteiger partial charge is 0.136 e. The van der Waals surface area contributed by atoms with Crippen LogP contribution in [-0.2, 0) is 0 Å². The van der Waals surface area contributed by atoms with Crippen LogP contribution in [0.25, 0.3) is 0 Å². The normalized spacial score (nSPS) is 15.2. The van der Waals surface area contributed by atoms with Crippen molar-refractivity contribution in [3.63, 3.8) is 0 Å². The molecule has 1 aromatic rings. The van der Waals surface area contributed by atoms with Crippen molar-refractivity contribution < 1.29 is 0 Å². The molecule has 0 saturated heterocycles. The summed E-state index contributed by atoms with van der Waals surface area (Å²) in [5.41, 5.74) is 1.07. The predicted octanol–water partition coefficient (Wildman–Crippen LogP) is 0.795. The molecule has 1 aliphatic heterocycles. The quantitative estimate of drug-likeness (QED) is 0.808. The molecule has 0 aliphatic carbocycles. The van der Waals surface area contributed by atoms with Gasteiger partial charge in [0.05, 0.1) is 5.56 Å². The average molecular weight is 247 g/mol.